The third-order valence-electron chi connectivity index (χ3n) is 7.28. The fourth-order valence-corrected chi connectivity index (χ4v) is 5.41. The molecule has 5 nitrogen and oxygen atoms in total. The van der Waals surface area contributed by atoms with E-state index in [9.17, 15) is 5.11 Å². The van der Waals surface area contributed by atoms with Gasteiger partial charge in [-0.25, -0.2) is 4.98 Å². The number of rotatable bonds is 4. The Bertz CT molecular complexity index is 1860. The Morgan fingerprint density at radius 2 is 1.56 bits per heavy atom. The van der Waals surface area contributed by atoms with Gasteiger partial charge in [-0.2, -0.15) is 12.1 Å². The molecule has 0 amide bonds. The minimum Gasteiger partial charge on any atom is -0.507 e. The SMILES string of the molecule is CC1(C)c2ccccc2-[n+]2[c-]n(-c3[c-]c(Oc4cccc(-c5ccccc5O)n4)ccc3)c3cccc1c32.[Pt+2]. The molecule has 0 unspecified atom stereocenters. The Morgan fingerprint density at radius 3 is 2.44 bits per heavy atom. The molecule has 1 aliphatic rings. The fourth-order valence-electron chi connectivity index (χ4n) is 5.41. The number of fused-ring (bicyclic) bond motifs is 2. The molecule has 0 aliphatic carbocycles. The van der Waals surface area contributed by atoms with Crippen LogP contribution in [0.2, 0.25) is 0 Å². The van der Waals surface area contributed by atoms with Crippen LogP contribution in [-0.4, -0.2) is 14.7 Å². The second kappa shape index (κ2) is 9.51. The van der Waals surface area contributed by atoms with Crippen LogP contribution in [0, 0.1) is 12.4 Å². The van der Waals surface area contributed by atoms with Gasteiger partial charge in [-0.1, -0.05) is 68.4 Å². The number of aromatic hydroxyl groups is 1. The Hall–Kier alpha value is -4.21. The van der Waals surface area contributed by atoms with Crippen molar-refractivity contribution in [2.75, 3.05) is 0 Å². The summed E-state index contributed by atoms with van der Waals surface area (Å²) >= 11 is 0. The zero-order chi connectivity index (χ0) is 25.9. The number of hydrogen-bond acceptors (Lipinski definition) is 3. The number of phenols is 1. The summed E-state index contributed by atoms with van der Waals surface area (Å²) in [6.45, 7) is 4.55. The number of aromatic nitrogens is 3. The first-order valence-corrected chi connectivity index (χ1v) is 12.6. The van der Waals surface area contributed by atoms with Crippen molar-refractivity contribution in [2.24, 2.45) is 0 Å². The largest absolute Gasteiger partial charge is 2.00 e. The van der Waals surface area contributed by atoms with Gasteiger partial charge >= 0.3 is 21.1 Å². The first-order chi connectivity index (χ1) is 18.5. The predicted octanol–water partition coefficient (Wildman–Crippen LogP) is 6.70. The molecule has 0 bridgehead atoms. The van der Waals surface area contributed by atoms with Crippen LogP contribution in [0.4, 0.5) is 0 Å². The topological polar surface area (TPSA) is 51.2 Å². The van der Waals surface area contributed by atoms with Gasteiger partial charge < -0.3 is 14.4 Å². The molecule has 7 rings (SSSR count). The molecule has 0 fully saturated rings. The van der Waals surface area contributed by atoms with Crippen LogP contribution >= 0.6 is 0 Å². The number of benzene rings is 4. The smallest absolute Gasteiger partial charge is 0.507 e. The van der Waals surface area contributed by atoms with Crippen LogP contribution in [0.1, 0.15) is 25.0 Å². The molecule has 6 heteroatoms. The number of phenolic OH excluding ortho intramolecular Hbond substituents is 1. The molecule has 6 aromatic rings. The van der Waals surface area contributed by atoms with Crippen LogP contribution in [-0.2, 0) is 26.5 Å². The molecule has 0 saturated carbocycles. The van der Waals surface area contributed by atoms with E-state index in [1.165, 1.54) is 11.1 Å². The zero-order valence-corrected chi connectivity index (χ0v) is 23.6. The molecule has 1 aliphatic heterocycles. The zero-order valence-electron chi connectivity index (χ0n) is 21.3. The molecular formula is C33H24N3O2Pt+. The molecule has 1 N–H and O–H groups in total. The van der Waals surface area contributed by atoms with Crippen molar-refractivity contribution >= 4 is 11.0 Å². The van der Waals surface area contributed by atoms with Crippen LogP contribution in [0.3, 0.4) is 0 Å². The normalized spacial score (nSPS) is 13.0. The number of para-hydroxylation sites is 3. The minimum atomic E-state index is -0.130. The quantitative estimate of drug-likeness (QED) is 0.166. The molecule has 4 aromatic carbocycles. The molecule has 192 valence electrons. The third kappa shape index (κ3) is 4.05. The first kappa shape index (κ1) is 25.1. The van der Waals surface area contributed by atoms with E-state index in [0.717, 1.165) is 22.4 Å². The second-order valence-corrected chi connectivity index (χ2v) is 9.97. The van der Waals surface area contributed by atoms with Crippen molar-refractivity contribution in [3.8, 4) is 40.0 Å². The van der Waals surface area contributed by atoms with E-state index in [-0.39, 0.29) is 32.2 Å². The van der Waals surface area contributed by atoms with Gasteiger partial charge in [-0.15, -0.1) is 12.1 Å². The van der Waals surface area contributed by atoms with Crippen molar-refractivity contribution in [2.45, 2.75) is 19.3 Å². The first-order valence-electron chi connectivity index (χ1n) is 12.6. The monoisotopic (exact) mass is 689 g/mol. The Labute approximate surface area is 241 Å². The van der Waals surface area contributed by atoms with E-state index >= 15 is 0 Å². The summed E-state index contributed by atoms with van der Waals surface area (Å²) in [4.78, 5) is 4.61. The van der Waals surface area contributed by atoms with E-state index in [4.69, 9.17) is 4.74 Å². The van der Waals surface area contributed by atoms with Crippen molar-refractivity contribution in [1.82, 2.24) is 9.55 Å². The molecule has 39 heavy (non-hydrogen) atoms. The average Bonchev–Trinajstić information content (AvgIpc) is 3.33. The summed E-state index contributed by atoms with van der Waals surface area (Å²) in [5.41, 5.74) is 7.85. The van der Waals surface area contributed by atoms with Gasteiger partial charge in [0.25, 0.3) is 6.33 Å². The van der Waals surface area contributed by atoms with Gasteiger partial charge in [0.15, 0.2) is 0 Å². The van der Waals surface area contributed by atoms with Gasteiger partial charge in [0.2, 0.25) is 5.88 Å². The van der Waals surface area contributed by atoms with Crippen molar-refractivity contribution < 1.29 is 35.5 Å². The molecule has 3 heterocycles. The van der Waals surface area contributed by atoms with E-state index < -0.39 is 0 Å². The van der Waals surface area contributed by atoms with Crippen LogP contribution in [0.25, 0.3) is 33.7 Å². The number of pyridine rings is 1. The van der Waals surface area contributed by atoms with Crippen molar-refractivity contribution in [1.29, 1.82) is 0 Å². The van der Waals surface area contributed by atoms with Gasteiger partial charge in [-0.05, 0) is 41.1 Å². The van der Waals surface area contributed by atoms with Crippen molar-refractivity contribution in [3.05, 3.63) is 127 Å². The summed E-state index contributed by atoms with van der Waals surface area (Å²) in [5, 5.41) is 10.2. The van der Waals surface area contributed by atoms with E-state index in [1.54, 1.807) is 18.2 Å². The number of imidazole rings is 1. The van der Waals surface area contributed by atoms with Gasteiger partial charge in [0.1, 0.15) is 5.75 Å². The molecule has 0 spiro atoms. The summed E-state index contributed by atoms with van der Waals surface area (Å²) in [5.74, 6) is 1.14. The second-order valence-electron chi connectivity index (χ2n) is 9.97. The number of ether oxygens (including phenoxy) is 1. The average molecular weight is 690 g/mol. The van der Waals surface area contributed by atoms with Crippen LogP contribution < -0.4 is 9.30 Å². The third-order valence-corrected chi connectivity index (χ3v) is 7.28. The Kier molecular flexibility index (Phi) is 6.12. The fraction of sp³-hybridized carbons (Fsp3) is 0.0909. The summed E-state index contributed by atoms with van der Waals surface area (Å²) in [7, 11) is 0. The maximum Gasteiger partial charge on any atom is 2.00 e. The molecule has 0 saturated heterocycles. The van der Waals surface area contributed by atoms with Gasteiger partial charge in [0, 0.05) is 22.8 Å². The summed E-state index contributed by atoms with van der Waals surface area (Å²) < 4.78 is 10.3. The minimum absolute atomic E-state index is 0. The molecule has 0 radical (unpaired) electrons. The van der Waals surface area contributed by atoms with E-state index in [2.05, 4.69) is 78.3 Å². The summed E-state index contributed by atoms with van der Waals surface area (Å²) in [6, 6.07) is 36.8. The van der Waals surface area contributed by atoms with E-state index in [0.29, 0.717) is 22.9 Å². The predicted molar refractivity (Wildman–Crippen MR) is 146 cm³/mol. The molecular weight excluding hydrogens is 665 g/mol. The standard InChI is InChI=1S/C33H24N3O2.Pt/c1-33(2)25-13-4-5-16-28(25)36-21-35(29-17-8-14-26(33)32(29)36)22-10-7-11-23(20-22)38-31-19-9-15-27(34-31)24-12-3-6-18-30(24)37;/h3-19,37H,1-2H3;/q-1;+2. The van der Waals surface area contributed by atoms with Gasteiger partial charge in [-0.3, -0.25) is 4.57 Å². The van der Waals surface area contributed by atoms with Crippen LogP contribution in [0.15, 0.2) is 103 Å². The number of hydrogen-bond donors (Lipinski definition) is 1. The molecule has 2 aromatic heterocycles. The van der Waals surface area contributed by atoms with Crippen LogP contribution in [0.5, 0.6) is 17.4 Å². The summed E-state index contributed by atoms with van der Waals surface area (Å²) in [6.07, 6.45) is 3.57. The van der Waals surface area contributed by atoms with Gasteiger partial charge in [0.05, 0.1) is 22.4 Å². The van der Waals surface area contributed by atoms with Crippen molar-refractivity contribution in [3.63, 3.8) is 0 Å². The number of nitrogens with zero attached hydrogens (tertiary/aromatic N) is 3. The Morgan fingerprint density at radius 1 is 0.821 bits per heavy atom. The van der Waals surface area contributed by atoms with E-state index in [1.807, 2.05) is 47.0 Å². The maximum atomic E-state index is 10.2. The molecule has 0 atom stereocenters. The Balaban J connectivity index is 0.00000277. The maximum absolute atomic E-state index is 10.2.